The van der Waals surface area contributed by atoms with Crippen molar-refractivity contribution in [2.24, 2.45) is 5.41 Å². The van der Waals surface area contributed by atoms with Crippen LogP contribution >= 0.6 is 0 Å². The number of rotatable bonds is 4. The van der Waals surface area contributed by atoms with Crippen LogP contribution in [0.4, 0.5) is 0 Å². The fraction of sp³-hybridized carbons (Fsp3) is 0.647. The Morgan fingerprint density at radius 2 is 2.00 bits per heavy atom. The highest BCUT2D eigenvalue weighted by atomic mass is 16.5. The van der Waals surface area contributed by atoms with E-state index in [9.17, 15) is 10.2 Å². The molecule has 1 aliphatic carbocycles. The number of aliphatic hydroxyl groups excluding tert-OH is 1. The van der Waals surface area contributed by atoms with Crippen LogP contribution < -0.4 is 4.74 Å². The number of hydrogen-bond acceptors (Lipinski definition) is 3. The second-order valence-corrected chi connectivity index (χ2v) is 6.28. The molecule has 2 rings (SSSR count). The van der Waals surface area contributed by atoms with Gasteiger partial charge in [-0.05, 0) is 61.1 Å². The summed E-state index contributed by atoms with van der Waals surface area (Å²) in [5.74, 6) is 1.24. The van der Waals surface area contributed by atoms with Crippen molar-refractivity contribution in [2.75, 3.05) is 7.11 Å². The topological polar surface area (TPSA) is 49.7 Å². The molecule has 0 radical (unpaired) electrons. The summed E-state index contributed by atoms with van der Waals surface area (Å²) in [5.41, 5.74) is 1.29. The predicted molar refractivity (Wildman–Crippen MR) is 80.3 cm³/mol. The molecule has 1 fully saturated rings. The fourth-order valence-electron chi connectivity index (χ4n) is 3.38. The van der Waals surface area contributed by atoms with Crippen molar-refractivity contribution >= 4 is 0 Å². The molecule has 3 nitrogen and oxygen atoms in total. The minimum atomic E-state index is -0.196. The van der Waals surface area contributed by atoms with Gasteiger partial charge in [0.25, 0.3) is 0 Å². The van der Waals surface area contributed by atoms with Crippen molar-refractivity contribution in [3.8, 4) is 11.5 Å². The van der Waals surface area contributed by atoms with Gasteiger partial charge in [0.1, 0.15) is 0 Å². The first-order valence-corrected chi connectivity index (χ1v) is 7.55. The van der Waals surface area contributed by atoms with E-state index in [0.717, 1.165) is 32.1 Å². The lowest BCUT2D eigenvalue weighted by atomic mass is 9.67. The molecule has 0 saturated heterocycles. The van der Waals surface area contributed by atoms with E-state index in [1.807, 2.05) is 19.1 Å². The van der Waals surface area contributed by atoms with Crippen molar-refractivity contribution < 1.29 is 14.9 Å². The van der Waals surface area contributed by atoms with Gasteiger partial charge in [-0.1, -0.05) is 19.9 Å². The maximum Gasteiger partial charge on any atom is 0.160 e. The van der Waals surface area contributed by atoms with E-state index >= 15 is 0 Å². The van der Waals surface area contributed by atoms with Gasteiger partial charge in [0.05, 0.1) is 13.2 Å². The van der Waals surface area contributed by atoms with Crippen molar-refractivity contribution in [2.45, 2.75) is 58.0 Å². The van der Waals surface area contributed by atoms with Gasteiger partial charge >= 0.3 is 0 Å². The lowest BCUT2D eigenvalue weighted by Gasteiger charge is -2.40. The quantitative estimate of drug-likeness (QED) is 0.880. The molecule has 1 unspecified atom stereocenters. The zero-order chi connectivity index (χ0) is 14.8. The zero-order valence-electron chi connectivity index (χ0n) is 12.7. The molecule has 0 amide bonds. The lowest BCUT2D eigenvalue weighted by Crippen LogP contribution is -2.35. The summed E-state index contributed by atoms with van der Waals surface area (Å²) in [6, 6.07) is 5.64. The van der Waals surface area contributed by atoms with Crippen molar-refractivity contribution in [3.05, 3.63) is 23.8 Å². The average molecular weight is 278 g/mol. The second-order valence-electron chi connectivity index (χ2n) is 6.28. The van der Waals surface area contributed by atoms with Gasteiger partial charge < -0.3 is 14.9 Å². The van der Waals surface area contributed by atoms with E-state index in [0.29, 0.717) is 11.7 Å². The third-order valence-corrected chi connectivity index (χ3v) is 4.99. The van der Waals surface area contributed by atoms with Crippen LogP contribution in [0, 0.1) is 5.41 Å². The normalized spacial score (nSPS) is 28.1. The van der Waals surface area contributed by atoms with E-state index in [1.165, 1.54) is 5.56 Å². The molecular weight excluding hydrogens is 252 g/mol. The summed E-state index contributed by atoms with van der Waals surface area (Å²) < 4.78 is 5.18. The highest BCUT2D eigenvalue weighted by molar-refractivity contribution is 5.43. The van der Waals surface area contributed by atoms with E-state index < -0.39 is 0 Å². The molecule has 0 spiro atoms. The van der Waals surface area contributed by atoms with E-state index in [2.05, 4.69) is 6.92 Å². The first-order valence-electron chi connectivity index (χ1n) is 7.55. The Morgan fingerprint density at radius 3 is 2.55 bits per heavy atom. The largest absolute Gasteiger partial charge is 0.504 e. The zero-order valence-corrected chi connectivity index (χ0v) is 12.7. The molecular formula is C17H26O3. The Morgan fingerprint density at radius 1 is 1.35 bits per heavy atom. The first kappa shape index (κ1) is 15.2. The van der Waals surface area contributed by atoms with Crippen LogP contribution in [0.5, 0.6) is 11.5 Å². The summed E-state index contributed by atoms with van der Waals surface area (Å²) in [4.78, 5) is 0. The highest BCUT2D eigenvalue weighted by Gasteiger charge is 2.36. The van der Waals surface area contributed by atoms with Gasteiger partial charge in [0.15, 0.2) is 11.5 Å². The van der Waals surface area contributed by atoms with Crippen molar-refractivity contribution in [1.29, 1.82) is 0 Å². The molecule has 0 heterocycles. The summed E-state index contributed by atoms with van der Waals surface area (Å²) in [6.45, 7) is 4.25. The van der Waals surface area contributed by atoms with Crippen LogP contribution in [0.25, 0.3) is 0 Å². The van der Waals surface area contributed by atoms with Crippen LogP contribution in [-0.2, 0) is 0 Å². The molecule has 0 aliphatic heterocycles. The van der Waals surface area contributed by atoms with E-state index in [4.69, 9.17) is 4.74 Å². The Kier molecular flexibility index (Phi) is 4.59. The smallest absolute Gasteiger partial charge is 0.160 e. The molecule has 112 valence electrons. The number of hydrogen-bond donors (Lipinski definition) is 2. The van der Waals surface area contributed by atoms with Gasteiger partial charge in [0, 0.05) is 0 Å². The van der Waals surface area contributed by atoms with Crippen LogP contribution in [0.15, 0.2) is 18.2 Å². The number of ether oxygens (including phenoxy) is 1. The molecule has 0 aromatic heterocycles. The molecule has 1 atom stereocenters. The summed E-state index contributed by atoms with van der Waals surface area (Å²) in [6.07, 6.45) is 4.90. The van der Waals surface area contributed by atoms with Crippen LogP contribution in [-0.4, -0.2) is 23.4 Å². The lowest BCUT2D eigenvalue weighted by molar-refractivity contribution is 0.00374. The maximum absolute atomic E-state index is 10.2. The fourth-order valence-corrected chi connectivity index (χ4v) is 3.38. The minimum Gasteiger partial charge on any atom is -0.504 e. The molecule has 1 saturated carbocycles. The number of methoxy groups -OCH3 is 1. The van der Waals surface area contributed by atoms with Gasteiger partial charge in [-0.2, -0.15) is 0 Å². The molecule has 20 heavy (non-hydrogen) atoms. The summed E-state index contributed by atoms with van der Waals surface area (Å²) in [5, 5.41) is 19.8. The number of phenols is 1. The molecule has 0 bridgehead atoms. The Balaban J connectivity index is 2.07. The third kappa shape index (κ3) is 2.93. The second kappa shape index (κ2) is 6.04. The average Bonchev–Trinajstić information content (AvgIpc) is 2.48. The van der Waals surface area contributed by atoms with Gasteiger partial charge in [0.2, 0.25) is 0 Å². The third-order valence-electron chi connectivity index (χ3n) is 4.99. The Labute approximate surface area is 121 Å². The van der Waals surface area contributed by atoms with Crippen LogP contribution in [0.3, 0.4) is 0 Å². The summed E-state index contributed by atoms with van der Waals surface area (Å²) >= 11 is 0. The van der Waals surface area contributed by atoms with Crippen LogP contribution in [0.1, 0.15) is 57.4 Å². The van der Waals surface area contributed by atoms with Gasteiger partial charge in [-0.25, -0.2) is 0 Å². The Hall–Kier alpha value is -1.22. The minimum absolute atomic E-state index is 0.0618. The maximum atomic E-state index is 10.2. The van der Waals surface area contributed by atoms with Crippen molar-refractivity contribution in [3.63, 3.8) is 0 Å². The monoisotopic (exact) mass is 278 g/mol. The molecule has 1 aromatic carbocycles. The van der Waals surface area contributed by atoms with E-state index in [1.54, 1.807) is 13.2 Å². The highest BCUT2D eigenvalue weighted by Crippen LogP contribution is 2.46. The standard InChI is InChI=1S/C17H26O3/c1-4-16(19)17(2)9-7-12(8-10-17)13-5-6-14(18)15(11-13)20-3/h5-6,11-12,16,18-19H,4,7-10H2,1-3H3. The SMILES string of the molecule is CCC(O)C1(C)CCC(c2ccc(O)c(OC)c2)CC1. The number of phenolic OH excluding ortho intramolecular Hbond substituents is 1. The number of aromatic hydroxyl groups is 1. The predicted octanol–water partition coefficient (Wildman–Crippen LogP) is 3.84. The number of aliphatic hydroxyl groups is 1. The van der Waals surface area contributed by atoms with Gasteiger partial charge in [-0.3, -0.25) is 0 Å². The number of benzene rings is 1. The van der Waals surface area contributed by atoms with Crippen molar-refractivity contribution in [1.82, 2.24) is 0 Å². The van der Waals surface area contributed by atoms with E-state index in [-0.39, 0.29) is 17.3 Å². The van der Waals surface area contributed by atoms with Crippen LogP contribution in [0.2, 0.25) is 0 Å². The molecule has 1 aromatic rings. The molecule has 3 heteroatoms. The first-order chi connectivity index (χ1) is 9.50. The molecule has 1 aliphatic rings. The Bertz CT molecular complexity index is 448. The van der Waals surface area contributed by atoms with Gasteiger partial charge in [-0.15, -0.1) is 0 Å². The molecule has 2 N–H and O–H groups in total. The summed E-state index contributed by atoms with van der Waals surface area (Å²) in [7, 11) is 1.58.